The lowest BCUT2D eigenvalue weighted by molar-refractivity contribution is 0.272. The summed E-state index contributed by atoms with van der Waals surface area (Å²) in [6, 6.07) is 1.98. The molecule has 0 atom stereocenters. The van der Waals surface area contributed by atoms with Crippen LogP contribution in [0.4, 0.5) is 5.82 Å². The molecule has 0 unspecified atom stereocenters. The lowest BCUT2D eigenvalue weighted by Crippen LogP contribution is -2.47. The molecule has 2 rings (SSSR count). The molecule has 0 saturated carbocycles. The average molecular weight is 241 g/mol. The SMILES string of the molecule is Cc1nccc(N2CCN(CCCl)CC2)n1. The molecule has 2 heterocycles. The lowest BCUT2D eigenvalue weighted by Gasteiger charge is -2.35. The van der Waals surface area contributed by atoms with Gasteiger partial charge in [-0.15, -0.1) is 11.6 Å². The molecule has 0 radical (unpaired) electrons. The minimum Gasteiger partial charge on any atom is -0.354 e. The molecule has 5 heteroatoms. The zero-order chi connectivity index (χ0) is 11.4. The van der Waals surface area contributed by atoms with Gasteiger partial charge in [0, 0.05) is 44.8 Å². The molecule has 1 aliphatic heterocycles. The Morgan fingerprint density at radius 2 is 2.06 bits per heavy atom. The second kappa shape index (κ2) is 5.46. The van der Waals surface area contributed by atoms with Gasteiger partial charge in [-0.05, 0) is 13.0 Å². The van der Waals surface area contributed by atoms with Crippen molar-refractivity contribution in [2.24, 2.45) is 0 Å². The first kappa shape index (κ1) is 11.6. The monoisotopic (exact) mass is 240 g/mol. The first-order chi connectivity index (χ1) is 7.79. The second-order valence-corrected chi connectivity index (χ2v) is 4.36. The summed E-state index contributed by atoms with van der Waals surface area (Å²) in [5.74, 6) is 2.59. The molecule has 4 nitrogen and oxygen atoms in total. The predicted octanol–water partition coefficient (Wildman–Crippen LogP) is 1.15. The van der Waals surface area contributed by atoms with Gasteiger partial charge in [0.05, 0.1) is 0 Å². The number of anilines is 1. The van der Waals surface area contributed by atoms with E-state index in [2.05, 4.69) is 19.8 Å². The smallest absolute Gasteiger partial charge is 0.132 e. The molecule has 1 aliphatic rings. The Morgan fingerprint density at radius 3 is 2.69 bits per heavy atom. The summed E-state index contributed by atoms with van der Waals surface area (Å²) in [6.45, 7) is 7.08. The maximum Gasteiger partial charge on any atom is 0.132 e. The maximum atomic E-state index is 5.73. The van der Waals surface area contributed by atoms with E-state index in [1.165, 1.54) is 0 Å². The Bertz CT molecular complexity index is 337. The summed E-state index contributed by atoms with van der Waals surface area (Å²) >= 11 is 5.73. The number of piperazine rings is 1. The van der Waals surface area contributed by atoms with E-state index in [4.69, 9.17) is 11.6 Å². The molecule has 88 valence electrons. The summed E-state index contributed by atoms with van der Waals surface area (Å²) in [6.07, 6.45) is 1.82. The molecule has 0 aliphatic carbocycles. The number of hydrogen-bond donors (Lipinski definition) is 0. The summed E-state index contributed by atoms with van der Waals surface area (Å²) in [4.78, 5) is 13.2. The Labute approximate surface area is 101 Å². The summed E-state index contributed by atoms with van der Waals surface area (Å²) in [7, 11) is 0. The molecule has 0 N–H and O–H groups in total. The number of aromatic nitrogens is 2. The molecule has 1 aromatic heterocycles. The number of hydrogen-bond acceptors (Lipinski definition) is 4. The highest BCUT2D eigenvalue weighted by Gasteiger charge is 2.17. The van der Waals surface area contributed by atoms with E-state index >= 15 is 0 Å². The van der Waals surface area contributed by atoms with Crippen molar-refractivity contribution in [1.82, 2.24) is 14.9 Å². The summed E-state index contributed by atoms with van der Waals surface area (Å²) in [5, 5.41) is 0. The van der Waals surface area contributed by atoms with Crippen LogP contribution in [0.3, 0.4) is 0 Å². The fourth-order valence-electron chi connectivity index (χ4n) is 1.94. The van der Waals surface area contributed by atoms with E-state index in [1.54, 1.807) is 0 Å². The first-order valence-electron chi connectivity index (χ1n) is 5.62. The van der Waals surface area contributed by atoms with Gasteiger partial charge >= 0.3 is 0 Å². The van der Waals surface area contributed by atoms with Gasteiger partial charge in [0.1, 0.15) is 11.6 Å². The van der Waals surface area contributed by atoms with Gasteiger partial charge < -0.3 is 4.90 Å². The van der Waals surface area contributed by atoms with Gasteiger partial charge in [-0.3, -0.25) is 4.90 Å². The Kier molecular flexibility index (Phi) is 3.96. The fourth-order valence-corrected chi connectivity index (χ4v) is 2.18. The second-order valence-electron chi connectivity index (χ2n) is 3.98. The van der Waals surface area contributed by atoms with E-state index in [-0.39, 0.29) is 0 Å². The third kappa shape index (κ3) is 2.83. The van der Waals surface area contributed by atoms with Crippen molar-refractivity contribution in [3.8, 4) is 0 Å². The number of aryl methyl sites for hydroxylation is 1. The van der Waals surface area contributed by atoms with Gasteiger partial charge in [-0.25, -0.2) is 9.97 Å². The van der Waals surface area contributed by atoms with E-state index in [0.29, 0.717) is 5.88 Å². The number of rotatable bonds is 3. The van der Waals surface area contributed by atoms with Crippen LogP contribution in [0.1, 0.15) is 5.82 Å². The number of nitrogens with zero attached hydrogens (tertiary/aromatic N) is 4. The van der Waals surface area contributed by atoms with Gasteiger partial charge in [-0.1, -0.05) is 0 Å². The lowest BCUT2D eigenvalue weighted by atomic mass is 10.3. The molecule has 16 heavy (non-hydrogen) atoms. The van der Waals surface area contributed by atoms with Crippen LogP contribution >= 0.6 is 11.6 Å². The van der Waals surface area contributed by atoms with Crippen molar-refractivity contribution in [2.45, 2.75) is 6.92 Å². The van der Waals surface area contributed by atoms with Crippen molar-refractivity contribution in [2.75, 3.05) is 43.5 Å². The average Bonchev–Trinajstić information content (AvgIpc) is 2.30. The Balaban J connectivity index is 1.94. The van der Waals surface area contributed by atoms with Gasteiger partial charge in [0.25, 0.3) is 0 Å². The zero-order valence-electron chi connectivity index (χ0n) is 9.56. The van der Waals surface area contributed by atoms with Crippen molar-refractivity contribution in [1.29, 1.82) is 0 Å². The molecule has 0 aromatic carbocycles. The predicted molar refractivity (Wildman–Crippen MR) is 66.1 cm³/mol. The number of alkyl halides is 1. The van der Waals surface area contributed by atoms with Crippen molar-refractivity contribution in [3.63, 3.8) is 0 Å². The largest absolute Gasteiger partial charge is 0.354 e. The quantitative estimate of drug-likeness (QED) is 0.742. The topological polar surface area (TPSA) is 32.3 Å². The van der Waals surface area contributed by atoms with Crippen LogP contribution in [0.25, 0.3) is 0 Å². The molecule has 1 aromatic rings. The Hall–Kier alpha value is -0.870. The third-order valence-corrected chi connectivity index (χ3v) is 3.03. The van der Waals surface area contributed by atoms with Gasteiger partial charge in [0.15, 0.2) is 0 Å². The van der Waals surface area contributed by atoms with Crippen LogP contribution in [-0.2, 0) is 0 Å². The molecular weight excluding hydrogens is 224 g/mol. The fraction of sp³-hybridized carbons (Fsp3) is 0.636. The highest BCUT2D eigenvalue weighted by atomic mass is 35.5. The van der Waals surface area contributed by atoms with Crippen LogP contribution in [0, 0.1) is 6.92 Å². The van der Waals surface area contributed by atoms with Crippen molar-refractivity contribution < 1.29 is 0 Å². The minimum atomic E-state index is 0.715. The molecule has 1 fully saturated rings. The van der Waals surface area contributed by atoms with E-state index in [9.17, 15) is 0 Å². The molecule has 0 amide bonds. The molecular formula is C11H17ClN4. The van der Waals surface area contributed by atoms with Crippen LogP contribution in [0.5, 0.6) is 0 Å². The molecule has 1 saturated heterocycles. The molecule has 0 spiro atoms. The van der Waals surface area contributed by atoms with E-state index < -0.39 is 0 Å². The number of halogens is 1. The van der Waals surface area contributed by atoms with Crippen molar-refractivity contribution in [3.05, 3.63) is 18.1 Å². The van der Waals surface area contributed by atoms with Crippen molar-refractivity contribution >= 4 is 17.4 Å². The standard InChI is InChI=1S/C11H17ClN4/c1-10-13-4-2-11(14-10)16-8-6-15(5-3-12)7-9-16/h2,4H,3,5-9H2,1H3. The normalized spacial score (nSPS) is 17.8. The minimum absolute atomic E-state index is 0.715. The highest BCUT2D eigenvalue weighted by molar-refractivity contribution is 6.18. The Morgan fingerprint density at radius 1 is 1.31 bits per heavy atom. The maximum absolute atomic E-state index is 5.73. The van der Waals surface area contributed by atoms with Gasteiger partial charge in [-0.2, -0.15) is 0 Å². The van der Waals surface area contributed by atoms with Crippen LogP contribution in [0.15, 0.2) is 12.3 Å². The van der Waals surface area contributed by atoms with Crippen LogP contribution < -0.4 is 4.90 Å². The van der Waals surface area contributed by atoms with Crippen LogP contribution in [-0.4, -0.2) is 53.5 Å². The summed E-state index contributed by atoms with van der Waals surface area (Å²) in [5.41, 5.74) is 0. The zero-order valence-corrected chi connectivity index (χ0v) is 10.3. The highest BCUT2D eigenvalue weighted by Crippen LogP contribution is 2.12. The first-order valence-corrected chi connectivity index (χ1v) is 6.16. The van der Waals surface area contributed by atoms with Gasteiger partial charge in [0.2, 0.25) is 0 Å². The van der Waals surface area contributed by atoms with Crippen LogP contribution in [0.2, 0.25) is 0 Å². The van der Waals surface area contributed by atoms with E-state index in [1.807, 2.05) is 19.2 Å². The molecule has 0 bridgehead atoms. The van der Waals surface area contributed by atoms with E-state index in [0.717, 1.165) is 44.4 Å². The summed E-state index contributed by atoms with van der Waals surface area (Å²) < 4.78 is 0. The third-order valence-electron chi connectivity index (χ3n) is 2.86.